The van der Waals surface area contributed by atoms with E-state index in [1.165, 1.54) is 0 Å². The average Bonchev–Trinajstić information content (AvgIpc) is 3.67. The largest absolute Gasteiger partial charge is 0.368 e. The third-order valence-electron chi connectivity index (χ3n) is 10.1. The van der Waals surface area contributed by atoms with E-state index in [2.05, 4.69) is 43.2 Å². The van der Waals surface area contributed by atoms with Gasteiger partial charge in [0.15, 0.2) is 0 Å². The molecule has 13 nitrogen and oxygen atoms in total. The van der Waals surface area contributed by atoms with Crippen molar-refractivity contribution in [1.29, 1.82) is 0 Å². The van der Waals surface area contributed by atoms with Gasteiger partial charge in [-0.25, -0.2) is 4.98 Å². The number of benzene rings is 2. The molecule has 262 valence electrons. The van der Waals surface area contributed by atoms with E-state index in [0.717, 1.165) is 60.2 Å². The molecule has 50 heavy (non-hydrogen) atoms. The predicted molar refractivity (Wildman–Crippen MR) is 191 cm³/mol. The minimum atomic E-state index is -0.916. The van der Waals surface area contributed by atoms with Crippen molar-refractivity contribution in [3.63, 3.8) is 0 Å². The fourth-order valence-corrected chi connectivity index (χ4v) is 7.24. The molecule has 0 radical (unpaired) electrons. The Kier molecular flexibility index (Phi) is 10.9. The van der Waals surface area contributed by atoms with Crippen LogP contribution in [-0.2, 0) is 16.0 Å². The summed E-state index contributed by atoms with van der Waals surface area (Å²) in [5, 5.41) is 20.7. The zero-order valence-electron chi connectivity index (χ0n) is 28.6. The number of nitrogens with one attached hydrogen (secondary N) is 3. The van der Waals surface area contributed by atoms with E-state index in [1.807, 2.05) is 37.3 Å². The number of nitrogens with zero attached hydrogens (tertiary/aromatic N) is 5. The summed E-state index contributed by atoms with van der Waals surface area (Å²) in [6.07, 6.45) is 5.19. The van der Waals surface area contributed by atoms with Crippen molar-refractivity contribution in [2.24, 2.45) is 23.3 Å². The lowest BCUT2D eigenvalue weighted by Crippen LogP contribution is -2.52. The number of nitrogens with two attached hydrogens (primary N) is 2. The van der Waals surface area contributed by atoms with Crippen molar-refractivity contribution < 1.29 is 14.4 Å². The third-order valence-corrected chi connectivity index (χ3v) is 10.1. The number of H-pyrrole nitrogens is 1. The Morgan fingerprint density at radius 3 is 2.30 bits per heavy atom. The van der Waals surface area contributed by atoms with Crippen molar-refractivity contribution in [2.45, 2.75) is 76.9 Å². The second kappa shape index (κ2) is 15.7. The molecule has 4 aromatic rings. The summed E-state index contributed by atoms with van der Waals surface area (Å²) in [4.78, 5) is 46.5. The molecule has 0 spiro atoms. The SMILES string of the molecule is Cc1nc(C(=O)N[C@@H]2CCN[C@H](C)C2)ccc1-c1ccc(C[C@@H](C(N)=O)N(C(=O)C2CCC(CN)CC2)c2ccc(-c3nn[nH]n3)cc2)cc1. The first kappa shape index (κ1) is 34.8. The maximum absolute atomic E-state index is 14.2. The lowest BCUT2D eigenvalue weighted by Gasteiger charge is -2.35. The van der Waals surface area contributed by atoms with Gasteiger partial charge in [-0.05, 0) is 118 Å². The number of tetrazole rings is 1. The molecule has 0 bridgehead atoms. The summed E-state index contributed by atoms with van der Waals surface area (Å²) in [6.45, 7) is 5.51. The number of amides is 3. The van der Waals surface area contributed by atoms with Crippen LogP contribution >= 0.6 is 0 Å². The average molecular weight is 679 g/mol. The molecular weight excluding hydrogens is 632 g/mol. The number of rotatable bonds is 11. The van der Waals surface area contributed by atoms with E-state index in [1.54, 1.807) is 35.2 Å². The van der Waals surface area contributed by atoms with E-state index in [-0.39, 0.29) is 30.2 Å². The van der Waals surface area contributed by atoms with E-state index in [4.69, 9.17) is 11.5 Å². The first-order valence-corrected chi connectivity index (χ1v) is 17.5. The molecule has 3 heterocycles. The lowest BCUT2D eigenvalue weighted by molar-refractivity contribution is -0.127. The van der Waals surface area contributed by atoms with E-state index < -0.39 is 11.9 Å². The molecule has 2 aromatic heterocycles. The van der Waals surface area contributed by atoms with Crippen LogP contribution < -0.4 is 27.0 Å². The number of aromatic amines is 1. The minimum absolute atomic E-state index is 0.117. The molecule has 13 heteroatoms. The third kappa shape index (κ3) is 8.06. The van der Waals surface area contributed by atoms with Crippen LogP contribution in [-0.4, -0.2) is 74.5 Å². The van der Waals surface area contributed by atoms with Crippen LogP contribution in [0.5, 0.6) is 0 Å². The molecule has 1 saturated carbocycles. The van der Waals surface area contributed by atoms with Crippen molar-refractivity contribution in [3.05, 3.63) is 77.6 Å². The number of hydrogen-bond donors (Lipinski definition) is 5. The normalized spacial score (nSPS) is 21.3. The van der Waals surface area contributed by atoms with Gasteiger partial charge >= 0.3 is 0 Å². The van der Waals surface area contributed by atoms with Crippen LogP contribution in [0, 0.1) is 18.8 Å². The van der Waals surface area contributed by atoms with E-state index in [0.29, 0.717) is 48.6 Å². The smallest absolute Gasteiger partial charge is 0.270 e. The summed E-state index contributed by atoms with van der Waals surface area (Å²) in [5.41, 5.74) is 17.1. The molecule has 1 aliphatic heterocycles. The van der Waals surface area contributed by atoms with Gasteiger partial charge in [0, 0.05) is 46.9 Å². The highest BCUT2D eigenvalue weighted by Crippen LogP contribution is 2.33. The summed E-state index contributed by atoms with van der Waals surface area (Å²) in [6, 6.07) is 18.3. The standard InChI is InChI=1S/C37H46N10O3/c1-22-19-29(17-18-40-22)42-36(49)32-16-15-31(23(2)41-32)26-7-3-24(4-8-26)20-33(34(39)48)47(37(50)28-9-5-25(21-38)6-10-28)30-13-11-27(12-14-30)35-43-45-46-44-35/h3-4,7-8,11-16,22,25,28-29,33,40H,5-6,9-10,17-21,38H2,1-2H3,(H2,39,48)(H,42,49)(H,43,44,45,46)/t22-,25?,28?,29-,33+/m1/s1. The molecule has 6 rings (SSSR count). The zero-order valence-corrected chi connectivity index (χ0v) is 28.6. The summed E-state index contributed by atoms with van der Waals surface area (Å²) < 4.78 is 0. The lowest BCUT2D eigenvalue weighted by atomic mass is 9.81. The van der Waals surface area contributed by atoms with Crippen LogP contribution in [0.15, 0.2) is 60.7 Å². The van der Waals surface area contributed by atoms with Crippen LogP contribution in [0.1, 0.15) is 67.2 Å². The molecule has 1 aliphatic carbocycles. The number of primary amides is 1. The molecule has 2 fully saturated rings. The number of piperidine rings is 1. The Balaban J connectivity index is 1.20. The number of carbonyl (C=O) groups excluding carboxylic acids is 3. The Bertz CT molecular complexity index is 1770. The Labute approximate surface area is 292 Å². The number of pyridine rings is 1. The van der Waals surface area contributed by atoms with Gasteiger partial charge in [0.05, 0.1) is 0 Å². The fourth-order valence-electron chi connectivity index (χ4n) is 7.24. The molecule has 3 atom stereocenters. The number of hydrogen-bond acceptors (Lipinski definition) is 9. The predicted octanol–water partition coefficient (Wildman–Crippen LogP) is 3.30. The Morgan fingerprint density at radius 1 is 0.960 bits per heavy atom. The fraction of sp³-hybridized carbons (Fsp3) is 0.432. The van der Waals surface area contributed by atoms with Gasteiger partial charge in [0.25, 0.3) is 5.91 Å². The van der Waals surface area contributed by atoms with Gasteiger partial charge in [0.1, 0.15) is 11.7 Å². The van der Waals surface area contributed by atoms with E-state index >= 15 is 0 Å². The number of aryl methyl sites for hydroxylation is 1. The van der Waals surface area contributed by atoms with Crippen molar-refractivity contribution in [1.82, 2.24) is 36.2 Å². The maximum Gasteiger partial charge on any atom is 0.270 e. The van der Waals surface area contributed by atoms with E-state index in [9.17, 15) is 14.4 Å². The molecular formula is C37H46N10O3. The topological polar surface area (TPSA) is 198 Å². The summed E-state index contributed by atoms with van der Waals surface area (Å²) in [7, 11) is 0. The second-order valence-electron chi connectivity index (χ2n) is 13.6. The van der Waals surface area contributed by atoms with Crippen LogP contribution in [0.2, 0.25) is 0 Å². The maximum atomic E-state index is 14.2. The number of aromatic nitrogens is 5. The monoisotopic (exact) mass is 678 g/mol. The van der Waals surface area contributed by atoms with Crippen LogP contribution in [0.4, 0.5) is 5.69 Å². The van der Waals surface area contributed by atoms with Crippen LogP contribution in [0.3, 0.4) is 0 Å². The molecule has 3 amide bonds. The summed E-state index contributed by atoms with van der Waals surface area (Å²) in [5.74, 6) is -0.272. The zero-order chi connectivity index (χ0) is 35.2. The molecule has 2 aromatic carbocycles. The van der Waals surface area contributed by atoms with Crippen molar-refractivity contribution in [3.8, 4) is 22.5 Å². The number of anilines is 1. The first-order valence-electron chi connectivity index (χ1n) is 17.5. The van der Waals surface area contributed by atoms with Crippen molar-refractivity contribution in [2.75, 3.05) is 18.0 Å². The van der Waals surface area contributed by atoms with Gasteiger partial charge < -0.3 is 22.1 Å². The number of carbonyl (C=O) groups is 3. The van der Waals surface area contributed by atoms with Gasteiger partial charge in [-0.1, -0.05) is 30.3 Å². The Morgan fingerprint density at radius 2 is 1.68 bits per heavy atom. The molecule has 7 N–H and O–H groups in total. The van der Waals surface area contributed by atoms with Gasteiger partial charge in [-0.3, -0.25) is 19.3 Å². The molecule has 2 aliphatic rings. The highest BCUT2D eigenvalue weighted by molar-refractivity contribution is 6.02. The quantitative estimate of drug-likeness (QED) is 0.158. The molecule has 1 saturated heterocycles. The van der Waals surface area contributed by atoms with Crippen molar-refractivity contribution >= 4 is 23.4 Å². The molecule has 0 unspecified atom stereocenters. The highest BCUT2D eigenvalue weighted by Gasteiger charge is 2.36. The summed E-state index contributed by atoms with van der Waals surface area (Å²) >= 11 is 0. The Hall–Kier alpha value is -5.01. The van der Waals surface area contributed by atoms with Gasteiger partial charge in [-0.15, -0.1) is 10.2 Å². The first-order chi connectivity index (χ1) is 24.2. The minimum Gasteiger partial charge on any atom is -0.368 e. The highest BCUT2D eigenvalue weighted by atomic mass is 16.2. The van der Waals surface area contributed by atoms with Gasteiger partial charge in [-0.2, -0.15) is 5.21 Å². The second-order valence-corrected chi connectivity index (χ2v) is 13.6. The van der Waals surface area contributed by atoms with Gasteiger partial charge in [0.2, 0.25) is 17.6 Å². The van der Waals surface area contributed by atoms with Crippen LogP contribution in [0.25, 0.3) is 22.5 Å².